The summed E-state index contributed by atoms with van der Waals surface area (Å²) in [4.78, 5) is 13.7. The Morgan fingerprint density at radius 1 is 1.05 bits per heavy atom. The summed E-state index contributed by atoms with van der Waals surface area (Å²) in [6.07, 6.45) is 12.5. The fourth-order valence-corrected chi connectivity index (χ4v) is 12.2. The van der Waals surface area contributed by atoms with Gasteiger partial charge in [-0.05, 0) is 0 Å². The number of hydrogen-bond donors (Lipinski definition) is 1. The van der Waals surface area contributed by atoms with E-state index in [0.29, 0.717) is 5.92 Å². The molecule has 4 heteroatoms. The van der Waals surface area contributed by atoms with Crippen molar-refractivity contribution in [3.05, 3.63) is 106 Å². The van der Waals surface area contributed by atoms with Gasteiger partial charge in [0.05, 0.1) is 0 Å². The predicted molar refractivity (Wildman–Crippen MR) is 166 cm³/mol. The molecule has 1 N–H and O–H groups in total. The fourth-order valence-electron chi connectivity index (χ4n) is 8.02. The Bertz CT molecular complexity index is 1540. The zero-order valence-electron chi connectivity index (χ0n) is 24.0. The summed E-state index contributed by atoms with van der Waals surface area (Å²) in [6, 6.07) is 21.6. The van der Waals surface area contributed by atoms with E-state index in [-0.39, 0.29) is 3.71 Å². The fraction of sp³-hybridized carbons (Fsp3) is 0.343. The van der Waals surface area contributed by atoms with Crippen LogP contribution in [0.15, 0.2) is 72.8 Å². The van der Waals surface area contributed by atoms with Crippen molar-refractivity contribution < 1.29 is 9.90 Å². The monoisotopic (exact) mass is 524 g/mol. The number of hydrogen-bond acceptors (Lipinski definition) is 1. The van der Waals surface area contributed by atoms with Gasteiger partial charge in [-0.3, -0.25) is 0 Å². The quantitative estimate of drug-likeness (QED) is 0.319. The number of aliphatic carboxylic acids is 1. The van der Waals surface area contributed by atoms with Gasteiger partial charge in [-0.15, -0.1) is 0 Å². The van der Waals surface area contributed by atoms with Gasteiger partial charge in [0.25, 0.3) is 0 Å². The molecule has 3 unspecified atom stereocenters. The zero-order chi connectivity index (χ0) is 27.6. The van der Waals surface area contributed by atoms with E-state index in [4.69, 9.17) is 0 Å². The van der Waals surface area contributed by atoms with Crippen LogP contribution < -0.4 is 0 Å². The molecule has 194 valence electrons. The van der Waals surface area contributed by atoms with Gasteiger partial charge in [0.15, 0.2) is 0 Å². The third-order valence-electron chi connectivity index (χ3n) is 10.6. The summed E-state index contributed by atoms with van der Waals surface area (Å²) in [5.41, 5.74) is 11.6. The maximum atomic E-state index is 13.7. The average molecular weight is 525 g/mol. The van der Waals surface area contributed by atoms with Gasteiger partial charge in [-0.1, -0.05) is 0 Å². The van der Waals surface area contributed by atoms with E-state index < -0.39 is 19.1 Å². The molecule has 0 spiro atoms. The number of aryl methyl sites for hydroxylation is 1. The van der Waals surface area contributed by atoms with Crippen LogP contribution in [-0.4, -0.2) is 36.9 Å². The summed E-state index contributed by atoms with van der Waals surface area (Å²) in [7, 11) is -2.71. The Labute approximate surface area is 243 Å². The molecule has 3 aromatic rings. The molecule has 3 aliphatic carbocycles. The number of fused-ring (bicyclic) bond motifs is 3. The first-order valence-corrected chi connectivity index (χ1v) is 17.7. The van der Waals surface area contributed by atoms with E-state index in [1.807, 2.05) is 6.07 Å². The van der Waals surface area contributed by atoms with Crippen molar-refractivity contribution in [2.45, 2.75) is 67.8 Å². The molecule has 3 aliphatic rings. The molecule has 39 heavy (non-hydrogen) atoms. The van der Waals surface area contributed by atoms with Crippen molar-refractivity contribution in [3.8, 4) is 11.1 Å². The predicted octanol–water partition coefficient (Wildman–Crippen LogP) is 7.88. The standard InChI is InChI=1S/C35H37O2Si.Li/c1-5-12-23(2)30-22-35(34(36)37,31-18-10-9-16-27(30)31)38(3,4)32-20-19-28-29(32)21-25-15-11-17-26(25)33(28)24-13-7-6-8-14-24;/h6-10,13-14,16,18-23H,5,11-12,15,17H2,1-4H3,(H,36,37);. The molecule has 0 bridgehead atoms. The van der Waals surface area contributed by atoms with Crippen LogP contribution in [0.25, 0.3) is 22.8 Å². The van der Waals surface area contributed by atoms with Crippen LogP contribution in [0.1, 0.15) is 66.5 Å². The van der Waals surface area contributed by atoms with E-state index in [2.05, 4.69) is 117 Å². The Morgan fingerprint density at radius 2 is 1.77 bits per heavy atom. The van der Waals surface area contributed by atoms with Gasteiger partial charge in [-0.2, -0.15) is 0 Å². The van der Waals surface area contributed by atoms with Crippen molar-refractivity contribution >= 4 is 43.4 Å². The van der Waals surface area contributed by atoms with Gasteiger partial charge < -0.3 is 0 Å². The minimum atomic E-state index is -2.71. The van der Waals surface area contributed by atoms with Crippen LogP contribution in [0.3, 0.4) is 0 Å². The molecule has 0 saturated heterocycles. The van der Waals surface area contributed by atoms with Crippen LogP contribution >= 0.6 is 0 Å². The molecule has 0 saturated carbocycles. The first kappa shape index (κ1) is 26.6. The van der Waals surface area contributed by atoms with Crippen molar-refractivity contribution in [1.29, 1.82) is 0 Å². The SMILES string of the molecule is [Li][C]1([Si](C)(C)C2(C(=O)O)C=C(C(C)CCC)c3ccccc32)C=Cc2c1cc1c(c2-c2ccccc2)CCC1. The summed E-state index contributed by atoms with van der Waals surface area (Å²) >= 11 is 2.34. The summed E-state index contributed by atoms with van der Waals surface area (Å²) in [5.74, 6) is -0.368. The van der Waals surface area contributed by atoms with Crippen LogP contribution in [0.4, 0.5) is 0 Å². The van der Waals surface area contributed by atoms with Gasteiger partial charge in [0, 0.05) is 0 Å². The number of allylic oxidation sites excluding steroid dienone is 2. The Balaban J connectivity index is 1.60. The topological polar surface area (TPSA) is 37.3 Å². The van der Waals surface area contributed by atoms with Crippen LogP contribution in [-0.2, 0) is 26.4 Å². The molecule has 0 radical (unpaired) electrons. The van der Waals surface area contributed by atoms with Gasteiger partial charge in [0.1, 0.15) is 0 Å². The number of rotatable bonds is 7. The number of carboxylic acids is 1. The first-order chi connectivity index (χ1) is 18.7. The third-order valence-corrected chi connectivity index (χ3v) is 16.2. The molecule has 0 aliphatic heterocycles. The van der Waals surface area contributed by atoms with E-state index in [1.54, 1.807) is 0 Å². The second kappa shape index (κ2) is 9.51. The number of carbonyl (C=O) groups is 1. The van der Waals surface area contributed by atoms with E-state index >= 15 is 0 Å². The van der Waals surface area contributed by atoms with Crippen molar-refractivity contribution in [2.75, 3.05) is 0 Å². The van der Waals surface area contributed by atoms with Crippen LogP contribution in [0.5, 0.6) is 0 Å². The normalized spacial score (nSPS) is 23.8. The van der Waals surface area contributed by atoms with Gasteiger partial charge in [-0.25, -0.2) is 0 Å². The molecule has 0 aromatic heterocycles. The molecule has 0 amide bonds. The molecular formula is C35H37LiO2Si. The van der Waals surface area contributed by atoms with E-state index in [0.717, 1.165) is 36.8 Å². The molecule has 3 aromatic carbocycles. The maximum absolute atomic E-state index is 13.7. The van der Waals surface area contributed by atoms with Crippen LogP contribution in [0.2, 0.25) is 13.1 Å². The van der Waals surface area contributed by atoms with E-state index in [9.17, 15) is 9.90 Å². The Morgan fingerprint density at radius 3 is 2.49 bits per heavy atom. The second-order valence-electron chi connectivity index (χ2n) is 12.7. The molecule has 2 nitrogen and oxygen atoms in total. The zero-order valence-corrected chi connectivity index (χ0v) is 25.0. The molecule has 0 fully saturated rings. The molecule has 6 rings (SSSR count). The van der Waals surface area contributed by atoms with Crippen molar-refractivity contribution in [3.63, 3.8) is 0 Å². The third kappa shape index (κ3) is 3.63. The number of carboxylic acid groups (broad SMARTS) is 1. The van der Waals surface area contributed by atoms with Crippen LogP contribution in [0, 0.1) is 5.92 Å². The van der Waals surface area contributed by atoms with E-state index in [1.165, 1.54) is 45.4 Å². The summed E-state index contributed by atoms with van der Waals surface area (Å²) in [5, 5.41) is 10.2. The van der Waals surface area contributed by atoms with Crippen molar-refractivity contribution in [2.24, 2.45) is 5.92 Å². The Kier molecular flexibility index (Phi) is 6.50. The summed E-state index contributed by atoms with van der Waals surface area (Å²) in [6.45, 7) is 9.14. The van der Waals surface area contributed by atoms with Crippen molar-refractivity contribution in [1.82, 2.24) is 0 Å². The molecule has 0 heterocycles. The van der Waals surface area contributed by atoms with Gasteiger partial charge in [0.2, 0.25) is 0 Å². The summed E-state index contributed by atoms with van der Waals surface area (Å²) < 4.78 is -0.338. The van der Waals surface area contributed by atoms with Gasteiger partial charge >= 0.3 is 244 Å². The average Bonchev–Trinajstić information content (AvgIpc) is 3.63. The second-order valence-corrected chi connectivity index (χ2v) is 17.8. The molecule has 3 atom stereocenters. The number of benzene rings is 3. The molecular weight excluding hydrogens is 487 g/mol. The first-order valence-electron chi connectivity index (χ1n) is 14.7. The minimum absolute atomic E-state index is 0.328. The Hall–Kier alpha value is -2.58.